The molecule has 3 aliphatic rings. The molecule has 1 aromatic carbocycles. The van der Waals surface area contributed by atoms with Crippen molar-refractivity contribution in [3.05, 3.63) is 36.1 Å². The van der Waals surface area contributed by atoms with E-state index in [2.05, 4.69) is 15.2 Å². The van der Waals surface area contributed by atoms with Crippen LogP contribution in [0.25, 0.3) is 0 Å². The number of hydrogen-bond acceptors (Lipinski definition) is 18. The van der Waals surface area contributed by atoms with Gasteiger partial charge in [-0.1, -0.05) is 25.9 Å². The van der Waals surface area contributed by atoms with Gasteiger partial charge in [0.05, 0.1) is 52.5 Å². The van der Waals surface area contributed by atoms with Crippen LogP contribution in [0.15, 0.2) is 39.8 Å². The maximum Gasteiger partial charge on any atom is 0.322 e. The Morgan fingerprint density at radius 3 is 2.19 bits per heavy atom. The highest BCUT2D eigenvalue weighted by Gasteiger charge is 2.53. The summed E-state index contributed by atoms with van der Waals surface area (Å²) in [5.41, 5.74) is -4.90. The number of carbonyl (C=O) groups excluding carboxylic acids is 2. The first-order valence-corrected chi connectivity index (χ1v) is 25.6. The number of amides is 2. The number of methoxy groups -OCH3 is 1. The summed E-state index contributed by atoms with van der Waals surface area (Å²) in [4.78, 5) is 32.1. The molecule has 0 bridgehead atoms. The summed E-state index contributed by atoms with van der Waals surface area (Å²) >= 11 is 0. The predicted molar refractivity (Wildman–Crippen MR) is 256 cm³/mol. The molecule has 2 amide bonds. The molecule has 18 atom stereocenters. The SMILES string of the molecule is CC[C@H]1OC(=O)[C@H](C)[C@@H](O[C@H]2C[C@@](C)(OC)[C@@H](O)[C@H](C)O2)[C@H](C)[C@@H](O[C@@H]2O[C@H](C)C[C@H](N(C)C)[C@H]2O)[C@](C)(O)C[C@@H](C)CN(C(=O)Nc2ccc(S(=O)(=O)Nc3cc(C)on3)cc2)[C@H](C)[C@@H](O)[C@]1(C)O. The van der Waals surface area contributed by atoms with Crippen molar-refractivity contribution in [1.82, 2.24) is 15.0 Å². The normalized spacial score (nSPS) is 39.7. The molecule has 7 N–H and O–H groups in total. The molecule has 0 aliphatic carbocycles. The number of esters is 1. The number of aliphatic hydroxyl groups is 5. The van der Waals surface area contributed by atoms with Crippen LogP contribution in [-0.4, -0.2) is 179 Å². The number of aromatic nitrogens is 1. The van der Waals surface area contributed by atoms with Gasteiger partial charge >= 0.3 is 12.0 Å². The van der Waals surface area contributed by atoms with Gasteiger partial charge in [-0.15, -0.1) is 0 Å². The molecule has 3 saturated heterocycles. The largest absolute Gasteiger partial charge is 0.459 e. The molecule has 0 spiro atoms. The van der Waals surface area contributed by atoms with Gasteiger partial charge in [-0.25, -0.2) is 13.2 Å². The van der Waals surface area contributed by atoms with Crippen LogP contribution in [0.3, 0.4) is 0 Å². The number of urea groups is 1. The minimum absolute atomic E-state index is 0.00783. The lowest BCUT2D eigenvalue weighted by Gasteiger charge is -2.48. The lowest BCUT2D eigenvalue weighted by molar-refractivity contribution is -0.318. The van der Waals surface area contributed by atoms with Crippen molar-refractivity contribution in [3.8, 4) is 0 Å². The number of cyclic esters (lactones) is 1. The lowest BCUT2D eigenvalue weighted by atomic mass is 9.77. The average molecular weight is 1010 g/mol. The molecule has 70 heavy (non-hydrogen) atoms. The van der Waals surface area contributed by atoms with E-state index in [4.69, 9.17) is 32.9 Å². The number of ether oxygens (including phenoxy) is 6. The van der Waals surface area contributed by atoms with Gasteiger partial charge in [0.1, 0.15) is 35.8 Å². The van der Waals surface area contributed by atoms with Crippen molar-refractivity contribution in [1.29, 1.82) is 0 Å². The Kier molecular flexibility index (Phi) is 18.6. The number of nitrogens with one attached hydrogen (secondary N) is 2. The molecule has 0 radical (unpaired) electrons. The van der Waals surface area contributed by atoms with Crippen LogP contribution in [0.1, 0.15) is 101 Å². The van der Waals surface area contributed by atoms with Crippen LogP contribution in [0, 0.1) is 24.7 Å². The molecule has 3 aliphatic heterocycles. The number of carbonyl (C=O) groups is 2. The molecule has 0 unspecified atom stereocenters. The number of sulfonamides is 1. The maximum atomic E-state index is 14.6. The van der Waals surface area contributed by atoms with Crippen LogP contribution in [0.2, 0.25) is 0 Å². The summed E-state index contributed by atoms with van der Waals surface area (Å²) in [6, 6.07) is 4.47. The third-order valence-corrected chi connectivity index (χ3v) is 15.8. The molecule has 22 heteroatoms. The molecule has 4 heterocycles. The first kappa shape index (κ1) is 57.4. The number of anilines is 2. The highest BCUT2D eigenvalue weighted by molar-refractivity contribution is 7.92. The highest BCUT2D eigenvalue weighted by Crippen LogP contribution is 2.40. The topological polar surface area (TPSA) is 281 Å². The fourth-order valence-corrected chi connectivity index (χ4v) is 11.3. The Bertz CT molecular complexity index is 2160. The molecular formula is C48H79N5O16S. The number of benzene rings is 1. The van der Waals surface area contributed by atoms with E-state index < -0.39 is 118 Å². The molecule has 3 fully saturated rings. The van der Waals surface area contributed by atoms with Crippen LogP contribution < -0.4 is 10.0 Å². The van der Waals surface area contributed by atoms with Crippen LogP contribution >= 0.6 is 0 Å². The number of hydrogen-bond donors (Lipinski definition) is 7. The van der Waals surface area contributed by atoms with E-state index in [-0.39, 0.29) is 54.4 Å². The minimum Gasteiger partial charge on any atom is -0.459 e. The van der Waals surface area contributed by atoms with E-state index in [1.54, 1.807) is 55.4 Å². The van der Waals surface area contributed by atoms with Crippen LogP contribution in [0.4, 0.5) is 16.3 Å². The van der Waals surface area contributed by atoms with E-state index >= 15 is 0 Å². The molecule has 2 aromatic rings. The molecule has 1 aromatic heterocycles. The number of aryl methyl sites for hydroxylation is 1. The van der Waals surface area contributed by atoms with Gasteiger partial charge in [-0.2, -0.15) is 0 Å². The first-order valence-electron chi connectivity index (χ1n) is 24.1. The standard InChI is InChI=1S/C48H79N5O16S/c1-15-35-48(11,60)40(55)30(7)53(45(58)49-32-16-18-33(19-17-32)70(61,62)51-36-21-27(4)69-50-36)24-25(2)22-46(9,59)42(68-44-38(54)34(52(12)13)20-26(3)64-44)28(5)39(29(6)43(57)66-35)67-37-23-47(10,63-14)41(56)31(8)65-37/h16-19,21,25-26,28-31,34-35,37-42,44,54-56,59-60H,15,20,22-24H2,1-14H3,(H,49,58)(H,50,51)/t25-,26-,28+,29-,30-,31+,34+,35-,37+,38-,39+,40-,41+,42-,44+,46-,47-,48-/m1/s1. The quantitative estimate of drug-likeness (QED) is 0.158. The monoisotopic (exact) mass is 1010 g/mol. The molecule has 21 nitrogen and oxygen atoms in total. The third kappa shape index (κ3) is 13.0. The fraction of sp³-hybridized carbons (Fsp3) is 0.771. The summed E-state index contributed by atoms with van der Waals surface area (Å²) in [5.74, 6) is -3.10. The first-order chi connectivity index (χ1) is 32.5. The average Bonchev–Trinajstić information content (AvgIpc) is 3.69. The Hall–Kier alpha value is -3.52. The summed E-state index contributed by atoms with van der Waals surface area (Å²) in [6.07, 6.45) is -10.6. The zero-order valence-electron chi connectivity index (χ0n) is 43.1. The maximum absolute atomic E-state index is 14.6. The van der Waals surface area contributed by atoms with E-state index in [1.807, 2.05) is 25.9 Å². The Labute approximate surface area is 412 Å². The second kappa shape index (κ2) is 22.7. The van der Waals surface area contributed by atoms with Gasteiger partial charge < -0.3 is 73.6 Å². The van der Waals surface area contributed by atoms with Crippen molar-refractivity contribution in [3.63, 3.8) is 0 Å². The lowest BCUT2D eigenvalue weighted by Crippen LogP contribution is -2.61. The second-order valence-corrected chi connectivity index (χ2v) is 22.4. The minimum atomic E-state index is -4.09. The highest BCUT2D eigenvalue weighted by atomic mass is 32.2. The van der Waals surface area contributed by atoms with Crippen molar-refractivity contribution in [2.75, 3.05) is 37.8 Å². The molecular weight excluding hydrogens is 935 g/mol. The number of aliphatic hydroxyl groups excluding tert-OH is 3. The molecule has 5 rings (SSSR count). The number of nitrogens with zero attached hydrogens (tertiary/aromatic N) is 3. The summed E-state index contributed by atoms with van der Waals surface area (Å²) in [5, 5.41) is 66.4. The van der Waals surface area contributed by atoms with Gasteiger partial charge in [0, 0.05) is 43.8 Å². The number of likely N-dealkylation sites (N-methyl/N-ethyl adjacent to an activating group) is 1. The number of rotatable bonds is 11. The van der Waals surface area contributed by atoms with Crippen molar-refractivity contribution < 1.29 is 76.5 Å². The van der Waals surface area contributed by atoms with Crippen molar-refractivity contribution >= 4 is 33.5 Å². The van der Waals surface area contributed by atoms with Gasteiger partial charge in [0.2, 0.25) is 0 Å². The Morgan fingerprint density at radius 2 is 1.61 bits per heavy atom. The molecule has 398 valence electrons. The Balaban J connectivity index is 1.56. The molecule has 0 saturated carbocycles. The van der Waals surface area contributed by atoms with Crippen LogP contribution in [0.5, 0.6) is 0 Å². The zero-order chi connectivity index (χ0) is 52.4. The smallest absolute Gasteiger partial charge is 0.322 e. The van der Waals surface area contributed by atoms with E-state index in [0.29, 0.717) is 12.2 Å². The van der Waals surface area contributed by atoms with Crippen molar-refractivity contribution in [2.24, 2.45) is 17.8 Å². The summed E-state index contributed by atoms with van der Waals surface area (Å²) < 4.78 is 71.3. The second-order valence-electron chi connectivity index (χ2n) is 20.8. The van der Waals surface area contributed by atoms with Gasteiger partial charge in [-0.3, -0.25) is 9.52 Å². The van der Waals surface area contributed by atoms with E-state index in [1.165, 1.54) is 56.2 Å². The fourth-order valence-electron chi connectivity index (χ4n) is 10.3. The van der Waals surface area contributed by atoms with Gasteiger partial charge in [0.15, 0.2) is 18.4 Å². The summed E-state index contributed by atoms with van der Waals surface area (Å²) in [6.45, 7) is 17.9. The zero-order valence-corrected chi connectivity index (χ0v) is 43.9. The van der Waals surface area contributed by atoms with Gasteiger partial charge in [-0.05, 0) is 119 Å². The van der Waals surface area contributed by atoms with Gasteiger partial charge in [0.25, 0.3) is 10.0 Å². The van der Waals surface area contributed by atoms with Crippen molar-refractivity contribution in [2.45, 2.75) is 197 Å². The Morgan fingerprint density at radius 1 is 0.971 bits per heavy atom. The van der Waals surface area contributed by atoms with E-state index in [9.17, 15) is 43.5 Å². The predicted octanol–water partition coefficient (Wildman–Crippen LogP) is 3.60. The van der Waals surface area contributed by atoms with E-state index in [0.717, 1.165) is 0 Å². The third-order valence-electron chi connectivity index (χ3n) is 14.5. The summed E-state index contributed by atoms with van der Waals surface area (Å²) in [7, 11) is 1.05. The van der Waals surface area contributed by atoms with Crippen LogP contribution in [-0.2, 0) is 43.2 Å².